The van der Waals surface area contributed by atoms with Crippen molar-refractivity contribution in [2.24, 2.45) is 7.05 Å². The van der Waals surface area contributed by atoms with Crippen molar-refractivity contribution in [3.05, 3.63) is 52.8 Å². The third-order valence-corrected chi connectivity index (χ3v) is 5.59. The van der Waals surface area contributed by atoms with Crippen LogP contribution in [0.4, 0.5) is 5.69 Å². The molecule has 0 radical (unpaired) electrons. The number of carbonyl (C=O) groups excluding carboxylic acids is 1. The zero-order chi connectivity index (χ0) is 21.4. The average molecular weight is 409 g/mol. The van der Waals surface area contributed by atoms with Crippen molar-refractivity contribution in [3.63, 3.8) is 0 Å². The zero-order valence-electron chi connectivity index (χ0n) is 17.8. The number of imidazole rings is 1. The molecule has 158 valence electrons. The molecule has 0 aliphatic carbocycles. The zero-order valence-corrected chi connectivity index (χ0v) is 17.8. The maximum absolute atomic E-state index is 12.7. The fraction of sp³-hybridized carbons (Fsp3) is 0.409. The molecule has 0 saturated carbocycles. The Kier molecular flexibility index (Phi) is 5.24. The molecule has 1 aromatic carbocycles. The van der Waals surface area contributed by atoms with Crippen LogP contribution in [0.2, 0.25) is 0 Å². The molecule has 0 spiro atoms. The van der Waals surface area contributed by atoms with Crippen molar-refractivity contribution in [1.82, 2.24) is 18.9 Å². The van der Waals surface area contributed by atoms with Gasteiger partial charge in [-0.05, 0) is 24.3 Å². The maximum Gasteiger partial charge on any atom is 0.279 e. The van der Waals surface area contributed by atoms with E-state index in [2.05, 4.69) is 9.88 Å². The van der Waals surface area contributed by atoms with E-state index in [0.717, 1.165) is 37.7 Å². The van der Waals surface area contributed by atoms with E-state index in [-0.39, 0.29) is 17.4 Å². The first-order valence-corrected chi connectivity index (χ1v) is 10.2. The van der Waals surface area contributed by atoms with Gasteiger partial charge in [-0.25, -0.2) is 4.98 Å². The van der Waals surface area contributed by atoms with E-state index in [1.165, 1.54) is 4.57 Å². The molecule has 2 aromatic heterocycles. The van der Waals surface area contributed by atoms with Gasteiger partial charge in [-0.1, -0.05) is 13.8 Å². The monoisotopic (exact) mass is 409 g/mol. The van der Waals surface area contributed by atoms with E-state index in [1.54, 1.807) is 20.2 Å². The second kappa shape index (κ2) is 7.85. The minimum Gasteiger partial charge on any atom is -0.439 e. The number of rotatable bonds is 4. The van der Waals surface area contributed by atoms with Crippen LogP contribution >= 0.6 is 0 Å². The summed E-state index contributed by atoms with van der Waals surface area (Å²) in [5, 5.41) is 0. The lowest BCUT2D eigenvalue weighted by molar-refractivity contribution is -0.129. The number of aromatic nitrogens is 3. The van der Waals surface area contributed by atoms with Crippen molar-refractivity contribution < 1.29 is 9.53 Å². The standard InChI is InChI=1S/C22H27N5O3/c1-15(2)21-23-13-19-22(29)24(4)20(14-27(19)21)30-18-7-5-17(6-8-18)26-11-9-25(10-12-26)16(3)28/h5-8,13-15H,9-12H2,1-4H3. The van der Waals surface area contributed by atoms with Crippen LogP contribution in [-0.2, 0) is 11.8 Å². The van der Waals surface area contributed by atoms with Gasteiger partial charge in [-0.3, -0.25) is 18.6 Å². The van der Waals surface area contributed by atoms with Gasteiger partial charge >= 0.3 is 0 Å². The van der Waals surface area contributed by atoms with Gasteiger partial charge in [0.2, 0.25) is 11.8 Å². The van der Waals surface area contributed by atoms with Crippen molar-refractivity contribution in [2.45, 2.75) is 26.7 Å². The molecule has 8 heteroatoms. The van der Waals surface area contributed by atoms with Crippen LogP contribution in [0, 0.1) is 0 Å². The summed E-state index contributed by atoms with van der Waals surface area (Å²) in [6.07, 6.45) is 3.43. The first-order chi connectivity index (χ1) is 14.3. The van der Waals surface area contributed by atoms with E-state index in [0.29, 0.717) is 17.1 Å². The SMILES string of the molecule is CC(=O)N1CCN(c2ccc(Oc3cn4c(C(C)C)ncc4c(=O)n3C)cc2)CC1. The van der Waals surface area contributed by atoms with Crippen LogP contribution in [0.1, 0.15) is 32.5 Å². The van der Waals surface area contributed by atoms with E-state index in [4.69, 9.17) is 4.74 Å². The number of amides is 1. The lowest BCUT2D eigenvalue weighted by Crippen LogP contribution is -2.48. The Hall–Kier alpha value is -3.29. The molecule has 4 rings (SSSR count). The largest absolute Gasteiger partial charge is 0.439 e. The lowest BCUT2D eigenvalue weighted by atomic mass is 10.2. The summed E-state index contributed by atoms with van der Waals surface area (Å²) in [5.74, 6) is 2.25. The van der Waals surface area contributed by atoms with Crippen LogP contribution in [0.15, 0.2) is 41.5 Å². The van der Waals surface area contributed by atoms with Gasteiger partial charge in [-0.2, -0.15) is 0 Å². The van der Waals surface area contributed by atoms with Gasteiger partial charge < -0.3 is 14.5 Å². The molecule has 0 bridgehead atoms. The Morgan fingerprint density at radius 1 is 1.10 bits per heavy atom. The highest BCUT2D eigenvalue weighted by atomic mass is 16.5. The number of hydrogen-bond acceptors (Lipinski definition) is 5. The third kappa shape index (κ3) is 3.65. The van der Waals surface area contributed by atoms with Gasteiger partial charge in [0, 0.05) is 51.8 Å². The number of hydrogen-bond donors (Lipinski definition) is 0. The third-order valence-electron chi connectivity index (χ3n) is 5.59. The topological polar surface area (TPSA) is 72.1 Å². The smallest absolute Gasteiger partial charge is 0.279 e. The quantitative estimate of drug-likeness (QED) is 0.662. The fourth-order valence-electron chi connectivity index (χ4n) is 3.79. The van der Waals surface area contributed by atoms with Crippen LogP contribution in [0.25, 0.3) is 5.52 Å². The summed E-state index contributed by atoms with van der Waals surface area (Å²) in [7, 11) is 1.70. The van der Waals surface area contributed by atoms with Gasteiger partial charge in [0.05, 0.1) is 12.4 Å². The Labute approximate surface area is 175 Å². The molecule has 8 nitrogen and oxygen atoms in total. The summed E-state index contributed by atoms with van der Waals surface area (Å²) in [6.45, 7) is 8.79. The number of benzene rings is 1. The van der Waals surface area contributed by atoms with E-state index in [9.17, 15) is 9.59 Å². The highest BCUT2D eigenvalue weighted by molar-refractivity contribution is 5.73. The number of anilines is 1. The Balaban J connectivity index is 1.54. The minimum absolute atomic E-state index is 0.125. The molecule has 1 saturated heterocycles. The van der Waals surface area contributed by atoms with E-state index < -0.39 is 0 Å². The van der Waals surface area contributed by atoms with Crippen LogP contribution in [0.3, 0.4) is 0 Å². The van der Waals surface area contributed by atoms with Gasteiger partial charge in [0.1, 0.15) is 17.1 Å². The molecule has 1 fully saturated rings. The Morgan fingerprint density at radius 2 is 1.77 bits per heavy atom. The van der Waals surface area contributed by atoms with Crippen molar-refractivity contribution in [3.8, 4) is 11.6 Å². The van der Waals surface area contributed by atoms with E-state index >= 15 is 0 Å². The summed E-state index contributed by atoms with van der Waals surface area (Å²) >= 11 is 0. The first kappa shape index (κ1) is 20.0. The second-order valence-corrected chi connectivity index (χ2v) is 7.95. The minimum atomic E-state index is -0.146. The van der Waals surface area contributed by atoms with Crippen molar-refractivity contribution in [1.29, 1.82) is 0 Å². The molecule has 1 aliphatic rings. The van der Waals surface area contributed by atoms with Crippen molar-refractivity contribution in [2.75, 3.05) is 31.1 Å². The first-order valence-electron chi connectivity index (χ1n) is 10.2. The molecular formula is C22H27N5O3. The number of ether oxygens (including phenoxy) is 1. The molecule has 0 atom stereocenters. The van der Waals surface area contributed by atoms with Crippen LogP contribution in [-0.4, -0.2) is 50.9 Å². The van der Waals surface area contributed by atoms with Crippen LogP contribution in [0.5, 0.6) is 11.6 Å². The molecule has 1 aliphatic heterocycles. The molecule has 3 heterocycles. The van der Waals surface area contributed by atoms with Crippen molar-refractivity contribution >= 4 is 17.1 Å². The van der Waals surface area contributed by atoms with Crippen LogP contribution < -0.4 is 15.2 Å². The van der Waals surface area contributed by atoms with Gasteiger partial charge in [-0.15, -0.1) is 0 Å². The summed E-state index contributed by atoms with van der Waals surface area (Å²) in [4.78, 5) is 32.7. The predicted octanol–water partition coefficient (Wildman–Crippen LogP) is 2.62. The molecule has 1 amide bonds. The Morgan fingerprint density at radius 3 is 2.37 bits per heavy atom. The molecule has 30 heavy (non-hydrogen) atoms. The number of carbonyl (C=O) groups is 1. The predicted molar refractivity (Wildman–Crippen MR) is 116 cm³/mol. The fourth-order valence-corrected chi connectivity index (χ4v) is 3.79. The number of nitrogens with zero attached hydrogens (tertiary/aromatic N) is 5. The summed E-state index contributed by atoms with van der Waals surface area (Å²) in [5.41, 5.74) is 1.48. The number of piperazine rings is 1. The normalized spacial score (nSPS) is 14.6. The number of fused-ring (bicyclic) bond motifs is 1. The molecule has 0 N–H and O–H groups in total. The van der Waals surface area contributed by atoms with Gasteiger partial charge in [0.25, 0.3) is 5.56 Å². The second-order valence-electron chi connectivity index (χ2n) is 7.95. The molecule has 3 aromatic rings. The maximum atomic E-state index is 12.7. The highest BCUT2D eigenvalue weighted by Crippen LogP contribution is 2.25. The highest BCUT2D eigenvalue weighted by Gasteiger charge is 2.19. The Bertz CT molecular complexity index is 1120. The lowest BCUT2D eigenvalue weighted by Gasteiger charge is -2.35. The van der Waals surface area contributed by atoms with Gasteiger partial charge in [0.15, 0.2) is 0 Å². The summed E-state index contributed by atoms with van der Waals surface area (Å²) < 4.78 is 9.34. The summed E-state index contributed by atoms with van der Waals surface area (Å²) in [6, 6.07) is 7.82. The molecule has 0 unspecified atom stereocenters. The molecular weight excluding hydrogens is 382 g/mol. The van der Waals surface area contributed by atoms with E-state index in [1.807, 2.05) is 53.6 Å². The average Bonchev–Trinajstić information content (AvgIpc) is 3.17.